The van der Waals surface area contributed by atoms with Crippen LogP contribution < -0.4 is 10.1 Å². The van der Waals surface area contributed by atoms with Crippen molar-refractivity contribution >= 4 is 27.2 Å². The third-order valence-corrected chi connectivity index (χ3v) is 9.11. The molecule has 3 aromatic rings. The Morgan fingerprint density at radius 1 is 1.22 bits per heavy atom. The number of halogens is 1. The number of ether oxygens (including phenoxy) is 1. The van der Waals surface area contributed by atoms with Crippen molar-refractivity contribution in [2.75, 3.05) is 32.1 Å². The number of imidazole rings is 1. The zero-order chi connectivity index (χ0) is 26.3. The van der Waals surface area contributed by atoms with Crippen molar-refractivity contribution in [3.8, 4) is 17.0 Å². The van der Waals surface area contributed by atoms with Crippen molar-refractivity contribution in [1.82, 2.24) is 19.3 Å². The smallest absolute Gasteiger partial charge is 0.219 e. The van der Waals surface area contributed by atoms with E-state index >= 15 is 0 Å². The van der Waals surface area contributed by atoms with E-state index in [1.807, 2.05) is 4.90 Å². The predicted octanol–water partition coefficient (Wildman–Crippen LogP) is 3.79. The van der Waals surface area contributed by atoms with E-state index < -0.39 is 20.5 Å². The molecular weight excluding hydrogens is 485 g/mol. The zero-order valence-electron chi connectivity index (χ0n) is 21.2. The highest BCUT2D eigenvalue weighted by Crippen LogP contribution is 2.34. The van der Waals surface area contributed by atoms with Gasteiger partial charge in [0, 0.05) is 50.5 Å². The molecule has 1 aliphatic rings. The van der Waals surface area contributed by atoms with E-state index in [0.717, 1.165) is 12.8 Å². The van der Waals surface area contributed by atoms with Crippen LogP contribution in [0.4, 0.5) is 10.2 Å². The number of nitrogens with zero attached hydrogens (tertiary/aromatic N) is 4. The van der Waals surface area contributed by atoms with E-state index in [2.05, 4.69) is 15.3 Å². The van der Waals surface area contributed by atoms with Gasteiger partial charge in [0.05, 0.1) is 23.7 Å². The third-order valence-electron chi connectivity index (χ3n) is 6.61. The average Bonchev–Trinajstić information content (AvgIpc) is 3.24. The molecule has 1 aliphatic heterocycles. The van der Waals surface area contributed by atoms with Crippen molar-refractivity contribution < 1.29 is 22.3 Å². The number of pyridine rings is 2. The molecule has 11 heteroatoms. The predicted molar refractivity (Wildman–Crippen MR) is 135 cm³/mol. The number of hydrogen-bond donors (Lipinski definition) is 1. The summed E-state index contributed by atoms with van der Waals surface area (Å²) in [6.45, 7) is 8.50. The van der Waals surface area contributed by atoms with Crippen LogP contribution in [0.3, 0.4) is 0 Å². The highest BCUT2D eigenvalue weighted by molar-refractivity contribution is 7.92. The summed E-state index contributed by atoms with van der Waals surface area (Å²) in [5.41, 5.74) is 1.50. The van der Waals surface area contributed by atoms with Gasteiger partial charge in [-0.05, 0) is 45.6 Å². The normalized spacial score (nSPS) is 15.3. The van der Waals surface area contributed by atoms with Gasteiger partial charge in [-0.1, -0.05) is 0 Å². The number of methoxy groups -OCH3 is 1. The van der Waals surface area contributed by atoms with E-state index in [-0.39, 0.29) is 16.6 Å². The van der Waals surface area contributed by atoms with E-state index in [9.17, 15) is 17.6 Å². The molecule has 194 valence electrons. The fourth-order valence-corrected chi connectivity index (χ4v) is 5.64. The number of rotatable bonds is 6. The Balaban J connectivity index is 1.64. The number of hydrogen-bond acceptors (Lipinski definition) is 7. The van der Waals surface area contributed by atoms with Crippen LogP contribution in [0.25, 0.3) is 16.9 Å². The van der Waals surface area contributed by atoms with Crippen LogP contribution in [0.1, 0.15) is 40.5 Å². The molecular formula is C25H32FN5O4S. The Morgan fingerprint density at radius 2 is 1.92 bits per heavy atom. The number of anilines is 1. The second kappa shape index (κ2) is 9.68. The molecule has 4 rings (SSSR count). The van der Waals surface area contributed by atoms with Crippen LogP contribution in [0.2, 0.25) is 0 Å². The Hall–Kier alpha value is -3.21. The van der Waals surface area contributed by atoms with E-state index in [1.165, 1.54) is 19.4 Å². The van der Waals surface area contributed by atoms with Gasteiger partial charge in [-0.2, -0.15) is 4.39 Å². The summed E-state index contributed by atoms with van der Waals surface area (Å²) >= 11 is 0. The summed E-state index contributed by atoms with van der Waals surface area (Å²) < 4.78 is 46.9. The van der Waals surface area contributed by atoms with Crippen LogP contribution in [-0.2, 0) is 14.6 Å². The van der Waals surface area contributed by atoms with Crippen LogP contribution >= 0.6 is 0 Å². The number of sulfone groups is 1. The minimum absolute atomic E-state index is 0.0361. The second-order valence-electron chi connectivity index (χ2n) is 10.1. The van der Waals surface area contributed by atoms with Gasteiger partial charge in [0.2, 0.25) is 11.9 Å². The van der Waals surface area contributed by atoms with Crippen LogP contribution in [0, 0.1) is 11.9 Å². The lowest BCUT2D eigenvalue weighted by Gasteiger charge is -2.31. The van der Waals surface area contributed by atoms with Crippen molar-refractivity contribution in [3.63, 3.8) is 0 Å². The van der Waals surface area contributed by atoms with Crippen LogP contribution in [0.15, 0.2) is 35.5 Å². The largest absolute Gasteiger partial charge is 0.495 e. The van der Waals surface area contributed by atoms with E-state index in [1.54, 1.807) is 50.4 Å². The maximum absolute atomic E-state index is 14.5. The molecule has 1 fully saturated rings. The lowest BCUT2D eigenvalue weighted by Crippen LogP contribution is -2.38. The number of amides is 1. The molecule has 0 radical (unpaired) electrons. The Morgan fingerprint density at radius 3 is 2.53 bits per heavy atom. The molecule has 1 amide bonds. The summed E-state index contributed by atoms with van der Waals surface area (Å²) in [6, 6.07) is 4.58. The van der Waals surface area contributed by atoms with Crippen LogP contribution in [-0.4, -0.2) is 65.1 Å². The first kappa shape index (κ1) is 25.9. The molecule has 0 aromatic carbocycles. The molecule has 0 bridgehead atoms. The molecule has 0 saturated carbocycles. The second-order valence-corrected chi connectivity index (χ2v) is 12.8. The lowest BCUT2D eigenvalue weighted by atomic mass is 9.97. The molecule has 36 heavy (non-hydrogen) atoms. The average molecular weight is 518 g/mol. The quantitative estimate of drug-likeness (QED) is 0.496. The molecule has 1 N–H and O–H groups in total. The summed E-state index contributed by atoms with van der Waals surface area (Å²) in [6.07, 6.45) is 4.79. The monoisotopic (exact) mass is 517 g/mol. The Labute approximate surface area is 210 Å². The topological polar surface area (TPSA) is 106 Å². The number of nitrogens with one attached hydrogen (secondary N) is 1. The van der Waals surface area contributed by atoms with Gasteiger partial charge in [0.1, 0.15) is 22.1 Å². The number of likely N-dealkylation sites (tertiary alicyclic amines) is 1. The molecule has 9 nitrogen and oxygen atoms in total. The molecule has 0 atom stereocenters. The summed E-state index contributed by atoms with van der Waals surface area (Å²) in [5.74, 6) is 0.357. The number of carbonyl (C=O) groups excluding carboxylic acids is 1. The highest BCUT2D eigenvalue weighted by atomic mass is 32.2. The minimum atomic E-state index is -3.73. The van der Waals surface area contributed by atoms with Gasteiger partial charge >= 0.3 is 0 Å². The number of aromatic nitrogens is 3. The first-order valence-corrected chi connectivity index (χ1v) is 13.4. The fourth-order valence-electron chi connectivity index (χ4n) is 4.33. The molecule has 0 aliphatic carbocycles. The number of fused-ring (bicyclic) bond motifs is 1. The van der Waals surface area contributed by atoms with Crippen LogP contribution in [0.5, 0.6) is 5.75 Å². The van der Waals surface area contributed by atoms with Gasteiger partial charge in [-0.15, -0.1) is 0 Å². The number of piperidine rings is 1. The maximum Gasteiger partial charge on any atom is 0.219 e. The van der Waals surface area contributed by atoms with Gasteiger partial charge in [-0.3, -0.25) is 9.20 Å². The molecule has 4 heterocycles. The summed E-state index contributed by atoms with van der Waals surface area (Å²) in [5, 5.41) is 3.22. The van der Waals surface area contributed by atoms with Crippen molar-refractivity contribution in [3.05, 3.63) is 36.5 Å². The highest BCUT2D eigenvalue weighted by Gasteiger charge is 2.34. The Kier molecular flexibility index (Phi) is 6.96. The van der Waals surface area contributed by atoms with Crippen molar-refractivity contribution in [2.24, 2.45) is 5.92 Å². The maximum atomic E-state index is 14.5. The van der Waals surface area contributed by atoms with Gasteiger partial charge in [0.15, 0.2) is 9.84 Å². The zero-order valence-corrected chi connectivity index (χ0v) is 22.0. The van der Waals surface area contributed by atoms with Crippen molar-refractivity contribution in [2.45, 2.75) is 50.2 Å². The summed E-state index contributed by atoms with van der Waals surface area (Å²) in [4.78, 5) is 21.8. The SMILES string of the molecule is COc1cc2ncc(-c3cc(F)nc(NCC4CCN(C(C)=O)CC4)c3)n2cc1S(=O)(=O)C(C)(C)C. The Bertz CT molecular complexity index is 1390. The first-order valence-electron chi connectivity index (χ1n) is 11.9. The molecule has 0 spiro atoms. The van der Waals surface area contributed by atoms with Gasteiger partial charge < -0.3 is 15.0 Å². The van der Waals surface area contributed by atoms with Gasteiger partial charge in [0.25, 0.3) is 0 Å². The number of carbonyl (C=O) groups is 1. The first-order chi connectivity index (χ1) is 16.9. The summed E-state index contributed by atoms with van der Waals surface area (Å²) in [7, 11) is -2.32. The standard InChI is InChI=1S/C25H32FN5O4S/c1-16(32)30-8-6-17(7-9-30)13-27-23-11-18(10-22(26)29-23)19-14-28-24-12-20(35-5)21(15-31(19)24)36(33,34)25(2,3)4/h10-12,14-15,17H,6-9,13H2,1-5H3,(H,27,29). The fraction of sp³-hybridized carbons (Fsp3) is 0.480. The van der Waals surface area contributed by atoms with Crippen molar-refractivity contribution in [1.29, 1.82) is 0 Å². The van der Waals surface area contributed by atoms with Gasteiger partial charge in [-0.25, -0.2) is 18.4 Å². The molecule has 0 unspecified atom stereocenters. The minimum Gasteiger partial charge on any atom is -0.495 e. The third kappa shape index (κ3) is 5.02. The van der Waals surface area contributed by atoms with E-state index in [4.69, 9.17) is 4.74 Å². The molecule has 3 aromatic heterocycles. The molecule has 1 saturated heterocycles. The lowest BCUT2D eigenvalue weighted by molar-refractivity contribution is -0.130. The van der Waals surface area contributed by atoms with E-state index in [0.29, 0.717) is 48.3 Å².